The SMILES string of the molecule is [CH2]C=C(C)C#N. The van der Waals surface area contributed by atoms with E-state index < -0.39 is 0 Å². The van der Waals surface area contributed by atoms with Gasteiger partial charge in [0.2, 0.25) is 0 Å². The van der Waals surface area contributed by atoms with Crippen LogP contribution in [0, 0.1) is 18.3 Å². The Balaban J connectivity index is 3.61. The van der Waals surface area contributed by atoms with E-state index in [1.807, 2.05) is 6.07 Å². The Kier molecular flexibility index (Phi) is 2.15. The van der Waals surface area contributed by atoms with Crippen LogP contribution in [0.3, 0.4) is 0 Å². The van der Waals surface area contributed by atoms with E-state index in [1.165, 1.54) is 6.08 Å². The highest BCUT2D eigenvalue weighted by Gasteiger charge is 1.71. The summed E-state index contributed by atoms with van der Waals surface area (Å²) in [6, 6.07) is 1.91. The molecule has 0 bridgehead atoms. The average molecular weight is 80.1 g/mol. The molecule has 0 aromatic carbocycles. The molecule has 6 heavy (non-hydrogen) atoms. The number of allylic oxidation sites excluding steroid dienone is 2. The van der Waals surface area contributed by atoms with Crippen molar-refractivity contribution in [1.82, 2.24) is 0 Å². The fourth-order valence-corrected chi connectivity index (χ4v) is 0.0456. The fourth-order valence-electron chi connectivity index (χ4n) is 0.0456. The molecule has 0 aromatic rings. The van der Waals surface area contributed by atoms with Crippen molar-refractivity contribution in [2.75, 3.05) is 0 Å². The van der Waals surface area contributed by atoms with Crippen LogP contribution in [0.4, 0.5) is 0 Å². The molecule has 0 saturated heterocycles. The molecule has 1 nitrogen and oxygen atoms in total. The third-order valence-electron chi connectivity index (χ3n) is 0.483. The molecule has 0 N–H and O–H groups in total. The quantitative estimate of drug-likeness (QED) is 0.402. The van der Waals surface area contributed by atoms with Crippen molar-refractivity contribution in [2.24, 2.45) is 0 Å². The van der Waals surface area contributed by atoms with Crippen LogP contribution in [0.15, 0.2) is 11.6 Å². The molecule has 0 saturated carbocycles. The maximum Gasteiger partial charge on any atom is 0.0940 e. The van der Waals surface area contributed by atoms with E-state index in [0.29, 0.717) is 5.57 Å². The third kappa shape index (κ3) is 1.54. The first-order valence-electron chi connectivity index (χ1n) is 1.67. The molecule has 0 aliphatic rings. The molecule has 0 amide bonds. The van der Waals surface area contributed by atoms with Gasteiger partial charge in [-0.05, 0) is 13.8 Å². The normalized spacial score (nSPS) is 10.5. The second-order valence-electron chi connectivity index (χ2n) is 0.999. The van der Waals surface area contributed by atoms with Gasteiger partial charge in [0, 0.05) is 5.57 Å². The highest BCUT2D eigenvalue weighted by atomic mass is 14.2. The zero-order chi connectivity index (χ0) is 4.99. The smallest absolute Gasteiger partial charge is 0.0940 e. The van der Waals surface area contributed by atoms with E-state index >= 15 is 0 Å². The van der Waals surface area contributed by atoms with Gasteiger partial charge in [-0.15, -0.1) is 0 Å². The van der Waals surface area contributed by atoms with Gasteiger partial charge >= 0.3 is 0 Å². The first-order valence-corrected chi connectivity index (χ1v) is 1.67. The topological polar surface area (TPSA) is 23.8 Å². The summed E-state index contributed by atoms with van der Waals surface area (Å²) in [6.07, 6.45) is 1.53. The van der Waals surface area contributed by atoms with E-state index in [4.69, 9.17) is 5.26 Å². The van der Waals surface area contributed by atoms with Crippen LogP contribution in [0.25, 0.3) is 0 Å². The van der Waals surface area contributed by atoms with Crippen molar-refractivity contribution in [2.45, 2.75) is 6.92 Å². The lowest BCUT2D eigenvalue weighted by Crippen LogP contribution is -1.59. The maximum absolute atomic E-state index is 7.98. The van der Waals surface area contributed by atoms with Crippen molar-refractivity contribution in [1.29, 1.82) is 5.26 Å². The van der Waals surface area contributed by atoms with Crippen LogP contribution >= 0.6 is 0 Å². The van der Waals surface area contributed by atoms with Crippen LogP contribution in [0.5, 0.6) is 0 Å². The molecular weight excluding hydrogens is 74.1 g/mol. The number of hydrogen-bond acceptors (Lipinski definition) is 1. The van der Waals surface area contributed by atoms with Gasteiger partial charge in [0.25, 0.3) is 0 Å². The second-order valence-corrected chi connectivity index (χ2v) is 0.999. The number of nitrogens with zero attached hydrogens (tertiary/aromatic N) is 1. The summed E-state index contributed by atoms with van der Waals surface area (Å²) < 4.78 is 0. The highest BCUT2D eigenvalue weighted by molar-refractivity contribution is 5.17. The molecule has 0 unspecified atom stereocenters. The van der Waals surface area contributed by atoms with Crippen molar-refractivity contribution in [3.8, 4) is 6.07 Å². The molecule has 0 aliphatic carbocycles. The minimum Gasteiger partial charge on any atom is -0.193 e. The van der Waals surface area contributed by atoms with Gasteiger partial charge in [-0.3, -0.25) is 0 Å². The summed E-state index contributed by atoms with van der Waals surface area (Å²) in [5.41, 5.74) is 0.662. The molecule has 31 valence electrons. The van der Waals surface area contributed by atoms with E-state index in [0.717, 1.165) is 0 Å². The minimum atomic E-state index is 0.662. The molecule has 0 fully saturated rings. The van der Waals surface area contributed by atoms with Crippen LogP contribution in [0.1, 0.15) is 6.92 Å². The summed E-state index contributed by atoms with van der Waals surface area (Å²) in [7, 11) is 0. The lowest BCUT2D eigenvalue weighted by Gasteiger charge is -1.70. The van der Waals surface area contributed by atoms with E-state index in [-0.39, 0.29) is 0 Å². The minimum absolute atomic E-state index is 0.662. The Bertz CT molecular complexity index is 95.0. The average Bonchev–Trinajstić information content (AvgIpc) is 1.65. The van der Waals surface area contributed by atoms with Gasteiger partial charge in [-0.1, -0.05) is 6.08 Å². The van der Waals surface area contributed by atoms with Crippen molar-refractivity contribution >= 4 is 0 Å². The van der Waals surface area contributed by atoms with Gasteiger partial charge in [0.05, 0.1) is 6.07 Å². The second kappa shape index (κ2) is 2.47. The zero-order valence-corrected chi connectivity index (χ0v) is 3.73. The first kappa shape index (κ1) is 5.23. The molecule has 0 spiro atoms. The van der Waals surface area contributed by atoms with Crippen LogP contribution in [0.2, 0.25) is 0 Å². The summed E-state index contributed by atoms with van der Waals surface area (Å²) in [5, 5.41) is 7.98. The molecular formula is C5H6N. The molecule has 1 radical (unpaired) electrons. The van der Waals surface area contributed by atoms with Crippen LogP contribution in [-0.2, 0) is 0 Å². The summed E-state index contributed by atoms with van der Waals surface area (Å²) >= 11 is 0. The molecule has 0 aliphatic heterocycles. The molecule has 0 aromatic heterocycles. The Morgan fingerprint density at radius 3 is 2.50 bits per heavy atom. The van der Waals surface area contributed by atoms with E-state index in [9.17, 15) is 0 Å². The van der Waals surface area contributed by atoms with Gasteiger partial charge in [-0.2, -0.15) is 5.26 Å². The number of hydrogen-bond donors (Lipinski definition) is 0. The Morgan fingerprint density at radius 1 is 2.00 bits per heavy atom. The monoisotopic (exact) mass is 80.1 g/mol. The molecule has 0 atom stereocenters. The maximum atomic E-state index is 7.98. The Hall–Kier alpha value is -0.770. The van der Waals surface area contributed by atoms with Crippen LogP contribution < -0.4 is 0 Å². The molecule has 1 heteroatoms. The van der Waals surface area contributed by atoms with Crippen molar-refractivity contribution in [3.05, 3.63) is 18.6 Å². The highest BCUT2D eigenvalue weighted by Crippen LogP contribution is 1.82. The third-order valence-corrected chi connectivity index (χ3v) is 0.483. The first-order chi connectivity index (χ1) is 2.81. The lowest BCUT2D eigenvalue weighted by atomic mass is 10.3. The number of rotatable bonds is 0. The van der Waals surface area contributed by atoms with E-state index in [1.54, 1.807) is 6.92 Å². The Labute approximate surface area is 37.9 Å². The summed E-state index contributed by atoms with van der Waals surface area (Å²) in [5.74, 6) is 0. The van der Waals surface area contributed by atoms with Crippen molar-refractivity contribution in [3.63, 3.8) is 0 Å². The largest absolute Gasteiger partial charge is 0.193 e. The van der Waals surface area contributed by atoms with Crippen LogP contribution in [-0.4, -0.2) is 0 Å². The Morgan fingerprint density at radius 2 is 2.50 bits per heavy atom. The lowest BCUT2D eigenvalue weighted by molar-refractivity contribution is 1.44. The summed E-state index contributed by atoms with van der Waals surface area (Å²) in [4.78, 5) is 0. The molecule has 0 heterocycles. The predicted octanol–water partition coefficient (Wildman–Crippen LogP) is 1.29. The fraction of sp³-hybridized carbons (Fsp3) is 0.200. The van der Waals surface area contributed by atoms with Gasteiger partial charge in [-0.25, -0.2) is 0 Å². The molecule has 0 rings (SSSR count). The van der Waals surface area contributed by atoms with Crippen molar-refractivity contribution < 1.29 is 0 Å². The van der Waals surface area contributed by atoms with Gasteiger partial charge in [0.15, 0.2) is 0 Å². The van der Waals surface area contributed by atoms with Gasteiger partial charge < -0.3 is 0 Å². The summed E-state index contributed by atoms with van der Waals surface area (Å²) in [6.45, 7) is 5.09. The zero-order valence-electron chi connectivity index (χ0n) is 3.73. The predicted molar refractivity (Wildman–Crippen MR) is 24.7 cm³/mol. The standard InChI is InChI=1S/C5H6N/c1-3-5(2)4-6/h3H,1H2,2H3. The van der Waals surface area contributed by atoms with E-state index in [2.05, 4.69) is 6.92 Å². The number of nitriles is 1. The van der Waals surface area contributed by atoms with Gasteiger partial charge in [0.1, 0.15) is 0 Å².